The summed E-state index contributed by atoms with van der Waals surface area (Å²) in [5.41, 5.74) is 8.01. The molecule has 0 rings (SSSR count). The molecule has 2 amide bonds. The fourth-order valence-corrected chi connectivity index (χ4v) is 7.59. The molecule has 276 valence electrons. The van der Waals surface area contributed by atoms with Crippen LogP contribution >= 0.6 is 21.6 Å². The lowest BCUT2D eigenvalue weighted by Gasteiger charge is -2.11. The first-order chi connectivity index (χ1) is 22.8. The van der Waals surface area contributed by atoms with E-state index in [4.69, 9.17) is 5.11 Å². The summed E-state index contributed by atoms with van der Waals surface area (Å²) in [6.07, 6.45) is 26.1. The lowest BCUT2D eigenvalue weighted by atomic mass is 10.1. The molecule has 2 unspecified atom stereocenters. The Balaban J connectivity index is 3.50. The van der Waals surface area contributed by atoms with E-state index in [2.05, 4.69) is 26.8 Å². The maximum Gasteiger partial charge on any atom is 0.305 e. The van der Waals surface area contributed by atoms with Gasteiger partial charge in [0.25, 0.3) is 11.8 Å². The number of unbranched alkanes of at least 4 members (excludes halogenated alkanes) is 20. The first kappa shape index (κ1) is 45.5. The number of esters is 1. The van der Waals surface area contributed by atoms with Crippen LogP contribution in [-0.4, -0.2) is 72.6 Å². The van der Waals surface area contributed by atoms with Gasteiger partial charge in [-0.1, -0.05) is 137 Å². The number of rotatable bonds is 35. The first-order valence-electron chi connectivity index (χ1n) is 18.5. The molecule has 0 radical (unpaired) electrons. The number of carbonyl (C=O) groups is 4. The predicted octanol–water partition coefficient (Wildman–Crippen LogP) is 5.44. The topological polar surface area (TPSA) is 177 Å². The standard InChI is InChI=1S/C35H68N4O6S2/c1-45-33(42)25-21-17-13-9-5-3-7-11-15-19-23-27-39-35(44)31(37)29-47-46-28-30(36)34(43)38-26-22-18-14-10-6-2-4-8-12-16-20-24-32(40)41/h30-31H,2-29,36-37H2,1H3,(H,38,43)(H,39,44)(H,40,41)/p+2. The van der Waals surface area contributed by atoms with Gasteiger partial charge >= 0.3 is 11.9 Å². The van der Waals surface area contributed by atoms with Gasteiger partial charge in [-0.05, 0) is 25.7 Å². The third-order valence-electron chi connectivity index (χ3n) is 8.31. The van der Waals surface area contributed by atoms with Crippen LogP contribution in [0.5, 0.6) is 0 Å². The average molecular weight is 707 g/mol. The van der Waals surface area contributed by atoms with Crippen LogP contribution in [0.25, 0.3) is 0 Å². The first-order valence-corrected chi connectivity index (χ1v) is 21.0. The van der Waals surface area contributed by atoms with E-state index in [1.54, 1.807) is 21.6 Å². The number of methoxy groups -OCH3 is 1. The van der Waals surface area contributed by atoms with Gasteiger partial charge in [0.2, 0.25) is 0 Å². The number of quaternary nitrogens is 2. The predicted molar refractivity (Wildman–Crippen MR) is 195 cm³/mol. The highest BCUT2D eigenvalue weighted by Gasteiger charge is 2.20. The molecule has 0 aromatic rings. The summed E-state index contributed by atoms with van der Waals surface area (Å²) in [7, 11) is 4.60. The van der Waals surface area contributed by atoms with E-state index in [1.807, 2.05) is 0 Å². The van der Waals surface area contributed by atoms with Crippen LogP contribution in [0.1, 0.15) is 154 Å². The minimum atomic E-state index is -0.694. The second-order valence-corrected chi connectivity index (χ2v) is 15.3. The molecule has 0 saturated carbocycles. The zero-order valence-corrected chi connectivity index (χ0v) is 31.3. The fraction of sp³-hybridized carbons (Fsp3) is 0.886. The Morgan fingerprint density at radius 2 is 0.830 bits per heavy atom. The maximum atomic E-state index is 12.3. The third kappa shape index (κ3) is 32.8. The van der Waals surface area contributed by atoms with Gasteiger partial charge in [0.15, 0.2) is 12.1 Å². The number of nitrogens with one attached hydrogen (secondary N) is 2. The van der Waals surface area contributed by atoms with Crippen LogP contribution < -0.4 is 22.1 Å². The number of hydrogen-bond donors (Lipinski definition) is 5. The van der Waals surface area contributed by atoms with Crippen molar-refractivity contribution in [2.45, 2.75) is 166 Å². The van der Waals surface area contributed by atoms with Crippen molar-refractivity contribution in [2.24, 2.45) is 0 Å². The summed E-state index contributed by atoms with van der Waals surface area (Å²) in [5, 5.41) is 14.7. The lowest BCUT2D eigenvalue weighted by Crippen LogP contribution is -2.69. The van der Waals surface area contributed by atoms with Gasteiger partial charge in [-0.15, -0.1) is 0 Å². The van der Waals surface area contributed by atoms with E-state index in [1.165, 1.54) is 90.6 Å². The molecule has 0 fully saturated rings. The van der Waals surface area contributed by atoms with Crippen molar-refractivity contribution in [3.8, 4) is 0 Å². The molecule has 2 atom stereocenters. The molecule has 0 aliphatic rings. The highest BCUT2D eigenvalue weighted by molar-refractivity contribution is 8.76. The summed E-state index contributed by atoms with van der Waals surface area (Å²) in [6, 6.07) is -0.612. The number of amides is 2. The molecule has 10 nitrogen and oxygen atoms in total. The number of carboxylic acid groups (broad SMARTS) is 1. The molecule has 0 heterocycles. The van der Waals surface area contributed by atoms with Gasteiger partial charge in [-0.2, -0.15) is 0 Å². The van der Waals surface area contributed by atoms with E-state index in [9.17, 15) is 19.2 Å². The molecular weight excluding hydrogens is 637 g/mol. The van der Waals surface area contributed by atoms with Crippen molar-refractivity contribution in [1.29, 1.82) is 0 Å². The minimum absolute atomic E-state index is 0.00133. The highest BCUT2D eigenvalue weighted by atomic mass is 33.1. The Morgan fingerprint density at radius 3 is 1.15 bits per heavy atom. The van der Waals surface area contributed by atoms with Gasteiger partial charge in [0.1, 0.15) is 0 Å². The molecule has 0 aromatic heterocycles. The van der Waals surface area contributed by atoms with Crippen molar-refractivity contribution in [1.82, 2.24) is 10.6 Å². The summed E-state index contributed by atoms with van der Waals surface area (Å²) in [5.74, 6) is 0.418. The molecule has 0 aliphatic heterocycles. The number of carbonyl (C=O) groups excluding carboxylic acids is 3. The maximum absolute atomic E-state index is 12.3. The third-order valence-corrected chi connectivity index (χ3v) is 10.9. The molecule has 0 bridgehead atoms. The van der Waals surface area contributed by atoms with Gasteiger partial charge in [0, 0.05) is 25.9 Å². The number of ether oxygens (including phenoxy) is 1. The molecule has 47 heavy (non-hydrogen) atoms. The highest BCUT2D eigenvalue weighted by Crippen LogP contribution is 2.21. The molecule has 0 saturated heterocycles. The summed E-state index contributed by atoms with van der Waals surface area (Å²) in [4.78, 5) is 46.2. The van der Waals surface area contributed by atoms with Crippen molar-refractivity contribution in [3.05, 3.63) is 0 Å². The molecule has 9 N–H and O–H groups in total. The van der Waals surface area contributed by atoms with Crippen molar-refractivity contribution < 1.29 is 40.5 Å². The fourth-order valence-electron chi connectivity index (χ4n) is 5.20. The summed E-state index contributed by atoms with van der Waals surface area (Å²) >= 11 is 0. The van der Waals surface area contributed by atoms with Gasteiger partial charge in [-0.25, -0.2) is 0 Å². The second kappa shape index (κ2) is 34.4. The Labute approximate surface area is 293 Å². The minimum Gasteiger partial charge on any atom is -0.481 e. The van der Waals surface area contributed by atoms with Crippen LogP contribution in [0.2, 0.25) is 0 Å². The molecular formula is C35H70N4O6S2+2. The summed E-state index contributed by atoms with van der Waals surface area (Å²) in [6.45, 7) is 1.40. The van der Waals surface area contributed by atoms with Gasteiger partial charge in [-0.3, -0.25) is 19.2 Å². The Kier molecular flexibility index (Phi) is 33.3. The van der Waals surface area contributed by atoms with Crippen LogP contribution in [0, 0.1) is 0 Å². The van der Waals surface area contributed by atoms with Crippen LogP contribution in [0.15, 0.2) is 0 Å². The largest absolute Gasteiger partial charge is 0.481 e. The van der Waals surface area contributed by atoms with Crippen LogP contribution in [0.4, 0.5) is 0 Å². The van der Waals surface area contributed by atoms with Crippen molar-refractivity contribution in [2.75, 3.05) is 31.7 Å². The summed E-state index contributed by atoms with van der Waals surface area (Å²) < 4.78 is 4.66. The molecule has 0 aromatic carbocycles. The van der Waals surface area contributed by atoms with E-state index >= 15 is 0 Å². The van der Waals surface area contributed by atoms with E-state index in [0.717, 1.165) is 57.8 Å². The number of carboxylic acids is 1. The Morgan fingerprint density at radius 1 is 0.532 bits per heavy atom. The average Bonchev–Trinajstić information content (AvgIpc) is 3.06. The Bertz CT molecular complexity index is 793. The zero-order valence-electron chi connectivity index (χ0n) is 29.7. The zero-order chi connectivity index (χ0) is 34.8. The second-order valence-electron chi connectivity index (χ2n) is 12.8. The van der Waals surface area contributed by atoms with E-state index in [-0.39, 0.29) is 29.9 Å². The van der Waals surface area contributed by atoms with E-state index in [0.29, 0.717) is 37.4 Å². The molecule has 0 spiro atoms. The lowest BCUT2D eigenvalue weighted by molar-refractivity contribution is -0.396. The van der Waals surface area contributed by atoms with Crippen LogP contribution in [-0.2, 0) is 23.9 Å². The van der Waals surface area contributed by atoms with Gasteiger partial charge < -0.3 is 31.9 Å². The van der Waals surface area contributed by atoms with Gasteiger partial charge in [0.05, 0.1) is 18.6 Å². The van der Waals surface area contributed by atoms with E-state index < -0.39 is 5.97 Å². The molecule has 12 heteroatoms. The smallest absolute Gasteiger partial charge is 0.305 e. The van der Waals surface area contributed by atoms with Crippen molar-refractivity contribution >= 4 is 45.3 Å². The van der Waals surface area contributed by atoms with Crippen molar-refractivity contribution in [3.63, 3.8) is 0 Å². The van der Waals surface area contributed by atoms with Crippen LogP contribution in [0.3, 0.4) is 0 Å². The Hall–Kier alpha value is -1.50. The SMILES string of the molecule is COC(=O)CCCCCCCCCCCCCNC(=O)C([NH3+])CSSCC([NH3+])C(=O)NCCCCCCCCCCCCCC(=O)O. The molecule has 0 aliphatic carbocycles. The normalized spacial score (nSPS) is 12.4. The number of hydrogen-bond acceptors (Lipinski definition) is 7. The number of aliphatic carboxylic acids is 1. The monoisotopic (exact) mass is 706 g/mol. The quantitative estimate of drug-likeness (QED) is 0.0329.